The van der Waals surface area contributed by atoms with Crippen molar-refractivity contribution in [1.82, 2.24) is 24.7 Å². The molecule has 0 bridgehead atoms. The second-order valence-electron chi connectivity index (χ2n) is 9.69. The van der Waals surface area contributed by atoms with Crippen LogP contribution in [-0.4, -0.2) is 70.4 Å². The van der Waals surface area contributed by atoms with Crippen molar-refractivity contribution in [1.29, 1.82) is 5.26 Å². The summed E-state index contributed by atoms with van der Waals surface area (Å²) in [5.41, 5.74) is 2.23. The number of hydrogen-bond acceptors (Lipinski definition) is 5. The standard InChI is InChI=1S/C29H33F3N6OS/c30-29(31,32)27-6-2-1-4-25(27)21-37(28(40)35-11-13-36-14-16-39-17-15-36)12-3-5-26-19-34-22-38(26)20-24-9-7-23(18-33)8-10-24/h1-2,4,6-10,19,22H,3,5,11-17,20-21H2,(H,35,40). The van der Waals surface area contributed by atoms with Crippen LogP contribution in [0.25, 0.3) is 0 Å². The van der Waals surface area contributed by atoms with E-state index in [9.17, 15) is 13.2 Å². The molecule has 0 amide bonds. The highest BCUT2D eigenvalue weighted by Crippen LogP contribution is 2.32. The molecule has 0 saturated carbocycles. The van der Waals surface area contributed by atoms with Gasteiger partial charge in [-0.3, -0.25) is 4.90 Å². The van der Waals surface area contributed by atoms with E-state index in [-0.39, 0.29) is 12.1 Å². The molecule has 1 aliphatic rings. The molecule has 1 fully saturated rings. The number of benzene rings is 2. The first kappa shape index (κ1) is 29.5. The van der Waals surface area contributed by atoms with E-state index in [1.165, 1.54) is 12.1 Å². The van der Waals surface area contributed by atoms with E-state index in [0.717, 1.165) is 37.0 Å². The van der Waals surface area contributed by atoms with Gasteiger partial charge in [0.05, 0.1) is 36.7 Å². The molecule has 0 atom stereocenters. The van der Waals surface area contributed by atoms with E-state index < -0.39 is 11.7 Å². The predicted molar refractivity (Wildman–Crippen MR) is 151 cm³/mol. The Balaban J connectivity index is 1.39. The van der Waals surface area contributed by atoms with Gasteiger partial charge in [-0.1, -0.05) is 30.3 Å². The topological polar surface area (TPSA) is 69.4 Å². The van der Waals surface area contributed by atoms with Crippen molar-refractivity contribution >= 4 is 17.3 Å². The van der Waals surface area contributed by atoms with E-state index in [4.69, 9.17) is 22.2 Å². The monoisotopic (exact) mass is 570 g/mol. The normalized spacial score (nSPS) is 14.1. The van der Waals surface area contributed by atoms with Gasteiger partial charge in [0.25, 0.3) is 0 Å². The summed E-state index contributed by atoms with van der Waals surface area (Å²) in [6.45, 7) is 5.66. The second-order valence-corrected chi connectivity index (χ2v) is 10.1. The first-order chi connectivity index (χ1) is 19.3. The minimum absolute atomic E-state index is 0.0591. The van der Waals surface area contributed by atoms with Crippen LogP contribution in [0.5, 0.6) is 0 Å². The van der Waals surface area contributed by atoms with Gasteiger partial charge < -0.3 is 19.5 Å². The van der Waals surface area contributed by atoms with Crippen LogP contribution in [0, 0.1) is 11.3 Å². The number of rotatable bonds is 11. The van der Waals surface area contributed by atoms with Crippen molar-refractivity contribution in [2.75, 3.05) is 45.9 Å². The van der Waals surface area contributed by atoms with E-state index in [2.05, 4.69) is 21.3 Å². The molecule has 0 aliphatic carbocycles. The average molecular weight is 571 g/mol. The number of aryl methyl sites for hydroxylation is 1. The van der Waals surface area contributed by atoms with Gasteiger partial charge in [0, 0.05) is 57.7 Å². The van der Waals surface area contributed by atoms with Crippen LogP contribution in [0.15, 0.2) is 61.1 Å². The zero-order valence-corrected chi connectivity index (χ0v) is 23.1. The van der Waals surface area contributed by atoms with E-state index in [1.54, 1.807) is 24.5 Å². The van der Waals surface area contributed by atoms with Gasteiger partial charge in [-0.05, 0) is 54.4 Å². The maximum atomic E-state index is 13.7. The van der Waals surface area contributed by atoms with Crippen LogP contribution in [0.4, 0.5) is 13.2 Å². The van der Waals surface area contributed by atoms with Gasteiger partial charge in [0.15, 0.2) is 5.11 Å². The van der Waals surface area contributed by atoms with E-state index >= 15 is 0 Å². The zero-order chi connectivity index (χ0) is 28.4. The fourth-order valence-electron chi connectivity index (χ4n) is 4.68. The molecule has 40 heavy (non-hydrogen) atoms. The highest BCUT2D eigenvalue weighted by molar-refractivity contribution is 7.80. The summed E-state index contributed by atoms with van der Waals surface area (Å²) in [7, 11) is 0. The van der Waals surface area contributed by atoms with Crippen LogP contribution in [0.3, 0.4) is 0 Å². The number of alkyl halides is 3. The van der Waals surface area contributed by atoms with Crippen molar-refractivity contribution in [2.45, 2.75) is 32.1 Å². The Labute approximate surface area is 238 Å². The number of morpholine rings is 1. The van der Waals surface area contributed by atoms with E-state index in [1.807, 2.05) is 27.8 Å². The molecule has 0 unspecified atom stereocenters. The smallest absolute Gasteiger partial charge is 0.379 e. The third-order valence-corrected chi connectivity index (χ3v) is 7.28. The third-order valence-electron chi connectivity index (χ3n) is 6.87. The Morgan fingerprint density at radius 2 is 1.88 bits per heavy atom. The summed E-state index contributed by atoms with van der Waals surface area (Å²) in [5, 5.41) is 12.7. The fourth-order valence-corrected chi connectivity index (χ4v) is 4.94. The summed E-state index contributed by atoms with van der Waals surface area (Å²) in [5.74, 6) is 0. The minimum Gasteiger partial charge on any atom is -0.379 e. The molecular formula is C29H33F3N6OS. The lowest BCUT2D eigenvalue weighted by atomic mass is 10.1. The van der Waals surface area contributed by atoms with Gasteiger partial charge in [0.2, 0.25) is 0 Å². The molecule has 1 N–H and O–H groups in total. The van der Waals surface area contributed by atoms with Gasteiger partial charge in [-0.25, -0.2) is 4.98 Å². The molecule has 1 aliphatic heterocycles. The molecular weight excluding hydrogens is 537 g/mol. The minimum atomic E-state index is -4.44. The van der Waals surface area contributed by atoms with Crippen molar-refractivity contribution in [3.63, 3.8) is 0 Å². The van der Waals surface area contributed by atoms with Crippen LogP contribution in [-0.2, 0) is 30.4 Å². The number of aromatic nitrogens is 2. The number of halogens is 3. The molecule has 11 heteroatoms. The van der Waals surface area contributed by atoms with Crippen LogP contribution < -0.4 is 5.32 Å². The molecule has 7 nitrogen and oxygen atoms in total. The number of ether oxygens (including phenoxy) is 1. The molecule has 1 aromatic heterocycles. The molecule has 4 rings (SSSR count). The number of imidazole rings is 1. The first-order valence-corrected chi connectivity index (χ1v) is 13.7. The van der Waals surface area contributed by atoms with Crippen LogP contribution >= 0.6 is 12.2 Å². The van der Waals surface area contributed by atoms with E-state index in [0.29, 0.717) is 56.4 Å². The lowest BCUT2D eigenvalue weighted by Gasteiger charge is -2.29. The van der Waals surface area contributed by atoms with Crippen molar-refractivity contribution in [3.8, 4) is 6.07 Å². The number of nitrogens with zero attached hydrogens (tertiary/aromatic N) is 5. The fraction of sp³-hybridized carbons (Fsp3) is 0.414. The summed E-state index contributed by atoms with van der Waals surface area (Å²) < 4.78 is 48.5. The Kier molecular flexibility index (Phi) is 10.5. The lowest BCUT2D eigenvalue weighted by molar-refractivity contribution is -0.138. The third kappa shape index (κ3) is 8.52. The average Bonchev–Trinajstić information content (AvgIpc) is 3.39. The summed E-state index contributed by atoms with van der Waals surface area (Å²) in [4.78, 5) is 8.39. The largest absolute Gasteiger partial charge is 0.416 e. The molecule has 0 radical (unpaired) electrons. The number of hydrogen-bond donors (Lipinski definition) is 1. The summed E-state index contributed by atoms with van der Waals surface area (Å²) in [6, 6.07) is 15.2. The van der Waals surface area contributed by atoms with Crippen molar-refractivity contribution in [2.24, 2.45) is 0 Å². The number of thiocarbonyl (C=S) groups is 1. The molecule has 3 aromatic rings. The summed E-state index contributed by atoms with van der Waals surface area (Å²) >= 11 is 5.67. The van der Waals surface area contributed by atoms with Crippen LogP contribution in [0.1, 0.15) is 34.4 Å². The number of nitriles is 1. The Bertz CT molecular complexity index is 1280. The maximum absolute atomic E-state index is 13.7. The molecule has 2 aromatic carbocycles. The van der Waals surface area contributed by atoms with Gasteiger partial charge in [-0.2, -0.15) is 18.4 Å². The second kappa shape index (κ2) is 14.3. The zero-order valence-electron chi connectivity index (χ0n) is 22.2. The Hall–Kier alpha value is -3.46. The van der Waals surface area contributed by atoms with Gasteiger partial charge >= 0.3 is 6.18 Å². The molecule has 0 spiro atoms. The maximum Gasteiger partial charge on any atom is 0.416 e. The SMILES string of the molecule is N#Cc1ccc(Cn2cncc2CCCN(Cc2ccccc2C(F)(F)F)C(=S)NCCN2CCOCC2)cc1. The van der Waals surface area contributed by atoms with Crippen LogP contribution in [0.2, 0.25) is 0 Å². The highest BCUT2D eigenvalue weighted by atomic mass is 32.1. The predicted octanol–water partition coefficient (Wildman–Crippen LogP) is 4.46. The lowest BCUT2D eigenvalue weighted by Crippen LogP contribution is -2.45. The molecule has 212 valence electrons. The van der Waals surface area contributed by atoms with Gasteiger partial charge in [-0.15, -0.1) is 0 Å². The van der Waals surface area contributed by atoms with Crippen molar-refractivity contribution < 1.29 is 17.9 Å². The highest BCUT2D eigenvalue weighted by Gasteiger charge is 2.33. The Morgan fingerprint density at radius 1 is 1.12 bits per heavy atom. The van der Waals surface area contributed by atoms with Crippen molar-refractivity contribution in [3.05, 3.63) is 89.0 Å². The Morgan fingerprint density at radius 3 is 2.60 bits per heavy atom. The molecule has 1 saturated heterocycles. The summed E-state index contributed by atoms with van der Waals surface area (Å²) in [6.07, 6.45) is 0.503. The first-order valence-electron chi connectivity index (χ1n) is 13.3. The number of nitrogens with one attached hydrogen (secondary N) is 1. The quantitative estimate of drug-likeness (QED) is 0.342. The van der Waals surface area contributed by atoms with Gasteiger partial charge in [0.1, 0.15) is 0 Å². The molecule has 2 heterocycles.